The van der Waals surface area contributed by atoms with Gasteiger partial charge in [0.2, 0.25) is 11.7 Å². The first kappa shape index (κ1) is 13.1. The molecule has 5 nitrogen and oxygen atoms in total. The van der Waals surface area contributed by atoms with E-state index in [9.17, 15) is 5.11 Å². The van der Waals surface area contributed by atoms with E-state index in [1.165, 1.54) is 0 Å². The zero-order chi connectivity index (χ0) is 13.9. The lowest BCUT2D eigenvalue weighted by atomic mass is 9.86. The maximum Gasteiger partial charge on any atom is 0.232 e. The topological polar surface area (TPSA) is 68.4 Å². The highest BCUT2D eigenvalue weighted by atomic mass is 16.5. The van der Waals surface area contributed by atoms with E-state index in [-0.39, 0.29) is 12.0 Å². The first-order chi connectivity index (χ1) is 9.78. The van der Waals surface area contributed by atoms with Crippen LogP contribution >= 0.6 is 0 Å². The van der Waals surface area contributed by atoms with Gasteiger partial charge < -0.3 is 14.4 Å². The summed E-state index contributed by atoms with van der Waals surface area (Å²) in [5.41, 5.74) is 0.881. The van der Waals surface area contributed by atoms with Crippen molar-refractivity contribution in [2.24, 2.45) is 0 Å². The Morgan fingerprint density at radius 1 is 1.20 bits per heavy atom. The molecule has 2 atom stereocenters. The van der Waals surface area contributed by atoms with E-state index >= 15 is 0 Å². The third kappa shape index (κ3) is 2.54. The van der Waals surface area contributed by atoms with Crippen molar-refractivity contribution < 1.29 is 14.4 Å². The minimum absolute atomic E-state index is 0.0248. The summed E-state index contributed by atoms with van der Waals surface area (Å²) in [6, 6.07) is 7.51. The molecule has 0 amide bonds. The number of hydrogen-bond acceptors (Lipinski definition) is 5. The van der Waals surface area contributed by atoms with E-state index in [1.54, 1.807) is 7.11 Å². The summed E-state index contributed by atoms with van der Waals surface area (Å²) < 4.78 is 10.5. The van der Waals surface area contributed by atoms with E-state index in [1.807, 2.05) is 24.3 Å². The molecule has 3 rings (SSSR count). The number of rotatable bonds is 3. The molecule has 0 bridgehead atoms. The van der Waals surface area contributed by atoms with Gasteiger partial charge in [-0.1, -0.05) is 18.0 Å². The second-order valence-electron chi connectivity index (χ2n) is 5.14. The number of methoxy groups -OCH3 is 1. The van der Waals surface area contributed by atoms with E-state index in [0.717, 1.165) is 37.0 Å². The third-order valence-electron chi connectivity index (χ3n) is 3.84. The lowest BCUT2D eigenvalue weighted by Gasteiger charge is -2.24. The van der Waals surface area contributed by atoms with Gasteiger partial charge in [-0.3, -0.25) is 0 Å². The Hall–Kier alpha value is -1.88. The molecule has 0 radical (unpaired) electrons. The lowest BCUT2D eigenvalue weighted by Crippen LogP contribution is -2.22. The molecule has 2 unspecified atom stereocenters. The molecular formula is C15H18N2O3. The Labute approximate surface area is 117 Å². The zero-order valence-corrected chi connectivity index (χ0v) is 11.5. The van der Waals surface area contributed by atoms with Crippen LogP contribution in [-0.4, -0.2) is 28.5 Å². The van der Waals surface area contributed by atoms with Gasteiger partial charge in [-0.2, -0.15) is 4.98 Å². The monoisotopic (exact) mass is 274 g/mol. The number of nitrogens with zero attached hydrogens (tertiary/aromatic N) is 2. The summed E-state index contributed by atoms with van der Waals surface area (Å²) in [7, 11) is 1.63. The van der Waals surface area contributed by atoms with Crippen LogP contribution in [0.5, 0.6) is 5.75 Å². The third-order valence-corrected chi connectivity index (χ3v) is 3.84. The molecule has 1 N–H and O–H groups in total. The highest BCUT2D eigenvalue weighted by Gasteiger charge is 2.29. The van der Waals surface area contributed by atoms with E-state index in [2.05, 4.69) is 10.1 Å². The summed E-state index contributed by atoms with van der Waals surface area (Å²) >= 11 is 0. The van der Waals surface area contributed by atoms with Crippen LogP contribution in [0.1, 0.15) is 37.5 Å². The number of aliphatic hydroxyl groups is 1. The summed E-state index contributed by atoms with van der Waals surface area (Å²) in [6.45, 7) is 0. The molecule has 1 saturated carbocycles. The van der Waals surface area contributed by atoms with Crippen LogP contribution in [0.15, 0.2) is 28.8 Å². The molecule has 20 heavy (non-hydrogen) atoms. The lowest BCUT2D eigenvalue weighted by molar-refractivity contribution is 0.0908. The number of ether oxygens (including phenoxy) is 1. The van der Waals surface area contributed by atoms with Gasteiger partial charge in [0.15, 0.2) is 0 Å². The van der Waals surface area contributed by atoms with Crippen molar-refractivity contribution in [3.05, 3.63) is 30.2 Å². The Morgan fingerprint density at radius 2 is 1.95 bits per heavy atom. The van der Waals surface area contributed by atoms with Crippen LogP contribution in [0.4, 0.5) is 0 Å². The van der Waals surface area contributed by atoms with E-state index in [4.69, 9.17) is 9.26 Å². The Bertz CT molecular complexity index is 565. The quantitative estimate of drug-likeness (QED) is 0.932. The van der Waals surface area contributed by atoms with Crippen molar-refractivity contribution in [1.82, 2.24) is 10.1 Å². The smallest absolute Gasteiger partial charge is 0.232 e. The first-order valence-electron chi connectivity index (χ1n) is 6.94. The van der Waals surface area contributed by atoms with Crippen molar-refractivity contribution in [3.63, 3.8) is 0 Å². The zero-order valence-electron chi connectivity index (χ0n) is 11.5. The van der Waals surface area contributed by atoms with Gasteiger partial charge in [0.05, 0.1) is 19.1 Å². The summed E-state index contributed by atoms with van der Waals surface area (Å²) in [5.74, 6) is 1.87. The van der Waals surface area contributed by atoms with Crippen molar-refractivity contribution in [3.8, 4) is 17.1 Å². The second-order valence-corrected chi connectivity index (χ2v) is 5.14. The molecule has 0 saturated heterocycles. The fraction of sp³-hybridized carbons (Fsp3) is 0.467. The van der Waals surface area contributed by atoms with Gasteiger partial charge in [-0.05, 0) is 37.1 Å². The van der Waals surface area contributed by atoms with Crippen LogP contribution < -0.4 is 4.74 Å². The highest BCUT2D eigenvalue weighted by molar-refractivity contribution is 5.55. The fourth-order valence-corrected chi connectivity index (χ4v) is 2.64. The Kier molecular flexibility index (Phi) is 3.69. The standard InChI is InChI=1S/C15H18N2O3/c1-19-11-8-6-10(7-9-11)14-16-15(20-17-14)12-4-2-3-5-13(12)18/h6-9,12-13,18H,2-5H2,1H3. The van der Waals surface area contributed by atoms with Gasteiger partial charge in [-0.15, -0.1) is 0 Å². The first-order valence-corrected chi connectivity index (χ1v) is 6.94. The van der Waals surface area contributed by atoms with Crippen molar-refractivity contribution in [2.45, 2.75) is 37.7 Å². The molecule has 2 aromatic rings. The van der Waals surface area contributed by atoms with Crippen LogP contribution in [0.25, 0.3) is 11.4 Å². The predicted molar refractivity (Wildman–Crippen MR) is 73.5 cm³/mol. The highest BCUT2D eigenvalue weighted by Crippen LogP contribution is 2.33. The van der Waals surface area contributed by atoms with Gasteiger partial charge in [0.25, 0.3) is 0 Å². The molecule has 1 heterocycles. The van der Waals surface area contributed by atoms with Crippen LogP contribution in [0.2, 0.25) is 0 Å². The van der Waals surface area contributed by atoms with Gasteiger partial charge >= 0.3 is 0 Å². The van der Waals surface area contributed by atoms with E-state index < -0.39 is 0 Å². The van der Waals surface area contributed by atoms with Crippen molar-refractivity contribution in [1.29, 1.82) is 0 Å². The average molecular weight is 274 g/mol. The molecule has 0 aliphatic heterocycles. The van der Waals surface area contributed by atoms with Crippen molar-refractivity contribution in [2.75, 3.05) is 7.11 Å². The molecule has 106 valence electrons. The molecule has 0 spiro atoms. The molecule has 5 heteroatoms. The van der Waals surface area contributed by atoms with E-state index in [0.29, 0.717) is 11.7 Å². The van der Waals surface area contributed by atoms with Crippen molar-refractivity contribution >= 4 is 0 Å². The van der Waals surface area contributed by atoms with Gasteiger partial charge in [0, 0.05) is 5.56 Å². The fourth-order valence-electron chi connectivity index (χ4n) is 2.64. The maximum absolute atomic E-state index is 10.0. The maximum atomic E-state index is 10.0. The Balaban J connectivity index is 1.81. The molecule has 1 fully saturated rings. The van der Waals surface area contributed by atoms with Gasteiger partial charge in [0.1, 0.15) is 5.75 Å². The minimum Gasteiger partial charge on any atom is -0.497 e. The summed E-state index contributed by atoms with van der Waals surface area (Å²) in [5, 5.41) is 14.0. The predicted octanol–water partition coefficient (Wildman–Crippen LogP) is 2.76. The minimum atomic E-state index is -0.368. The SMILES string of the molecule is COc1ccc(-c2noc(C3CCCCC3O)n2)cc1. The van der Waals surface area contributed by atoms with Crippen LogP contribution in [0, 0.1) is 0 Å². The second kappa shape index (κ2) is 5.63. The number of benzene rings is 1. The molecule has 1 aliphatic carbocycles. The Morgan fingerprint density at radius 3 is 2.65 bits per heavy atom. The summed E-state index contributed by atoms with van der Waals surface area (Å²) in [6.07, 6.45) is 3.52. The average Bonchev–Trinajstić information content (AvgIpc) is 2.97. The van der Waals surface area contributed by atoms with Gasteiger partial charge in [-0.25, -0.2) is 0 Å². The van der Waals surface area contributed by atoms with Crippen LogP contribution in [-0.2, 0) is 0 Å². The normalized spacial score (nSPS) is 22.7. The number of aliphatic hydroxyl groups excluding tert-OH is 1. The molecule has 1 aromatic heterocycles. The number of hydrogen-bond donors (Lipinski definition) is 1. The number of aromatic nitrogens is 2. The molecule has 1 aliphatic rings. The summed E-state index contributed by atoms with van der Waals surface area (Å²) in [4.78, 5) is 4.43. The van der Waals surface area contributed by atoms with Crippen LogP contribution in [0.3, 0.4) is 0 Å². The largest absolute Gasteiger partial charge is 0.497 e. The molecule has 1 aromatic carbocycles. The molecular weight excluding hydrogens is 256 g/mol.